The number of nitrogens with one attached hydrogen (secondary N) is 2. The summed E-state index contributed by atoms with van der Waals surface area (Å²) in [4.78, 5) is 29.1. The number of hydrogen-bond acceptors (Lipinski definition) is 7. The lowest BCUT2D eigenvalue weighted by Gasteiger charge is -2.12. The normalized spacial score (nSPS) is 10.8. The number of carbonyl (C=O) groups excluding carboxylic acids is 2. The maximum Gasteiger partial charge on any atom is 0.271 e. The summed E-state index contributed by atoms with van der Waals surface area (Å²) in [6, 6.07) is 17.0. The summed E-state index contributed by atoms with van der Waals surface area (Å²) in [6.07, 6.45) is 1.48. The third-order valence-corrected chi connectivity index (χ3v) is 6.70. The number of amides is 2. The van der Waals surface area contributed by atoms with Crippen molar-refractivity contribution in [3.8, 4) is 22.8 Å². The van der Waals surface area contributed by atoms with E-state index in [1.807, 2.05) is 24.4 Å². The molecular weight excluding hydrogens is 547 g/mol. The third-order valence-electron chi connectivity index (χ3n) is 5.19. The highest BCUT2D eigenvalue weighted by Crippen LogP contribution is 2.28. The summed E-state index contributed by atoms with van der Waals surface area (Å²) in [5.74, 6) is 0.0412. The van der Waals surface area contributed by atoms with Crippen molar-refractivity contribution in [2.75, 3.05) is 19.0 Å². The van der Waals surface area contributed by atoms with Gasteiger partial charge in [-0.1, -0.05) is 35.3 Å². The molecule has 0 fully saturated rings. The number of halogens is 2. The highest BCUT2D eigenvalue weighted by molar-refractivity contribution is 7.09. The van der Waals surface area contributed by atoms with Gasteiger partial charge >= 0.3 is 0 Å². The number of thiazole rings is 1. The van der Waals surface area contributed by atoms with Crippen LogP contribution in [0.2, 0.25) is 10.0 Å². The first-order valence-electron chi connectivity index (χ1n) is 11.2. The fraction of sp³-hybridized carbons (Fsp3) is 0.111. The fourth-order valence-corrected chi connectivity index (χ4v) is 4.24. The molecule has 0 unspecified atom stereocenters. The maximum atomic E-state index is 12.4. The van der Waals surface area contributed by atoms with Gasteiger partial charge in [0.2, 0.25) is 0 Å². The Morgan fingerprint density at radius 2 is 1.82 bits per heavy atom. The van der Waals surface area contributed by atoms with Crippen molar-refractivity contribution in [1.29, 1.82) is 0 Å². The maximum absolute atomic E-state index is 12.4. The molecule has 3 aromatic carbocycles. The van der Waals surface area contributed by atoms with E-state index in [0.717, 1.165) is 16.3 Å². The van der Waals surface area contributed by atoms with Crippen LogP contribution in [0.15, 0.2) is 71.1 Å². The number of nitrogens with zero attached hydrogens (tertiary/aromatic N) is 2. The fourth-order valence-electron chi connectivity index (χ4n) is 3.32. The zero-order chi connectivity index (χ0) is 27.1. The molecule has 0 saturated heterocycles. The summed E-state index contributed by atoms with van der Waals surface area (Å²) in [6.45, 7) is 1.70. The standard InChI is InChI=1S/C27H22Cl2N4O4S/c1-16-31-23(15-38-16)18-4-6-19(7-5-18)27(35)33-30-13-17-3-10-24(25(11-17)36-2)37-14-26(34)32-20-8-9-21(28)22(29)12-20/h3-13,15H,14H2,1-2H3,(H,32,34)(H,33,35)/b30-13+. The zero-order valence-corrected chi connectivity index (χ0v) is 22.7. The van der Waals surface area contributed by atoms with Crippen LogP contribution in [0.4, 0.5) is 5.69 Å². The minimum Gasteiger partial charge on any atom is -0.493 e. The van der Waals surface area contributed by atoms with Gasteiger partial charge < -0.3 is 14.8 Å². The molecule has 0 aliphatic carbocycles. The summed E-state index contributed by atoms with van der Waals surface area (Å²) >= 11 is 13.4. The molecule has 0 bridgehead atoms. The number of benzene rings is 3. The van der Waals surface area contributed by atoms with Gasteiger partial charge in [0.25, 0.3) is 11.8 Å². The summed E-state index contributed by atoms with van der Waals surface area (Å²) in [5.41, 5.74) is 5.96. The lowest BCUT2D eigenvalue weighted by Crippen LogP contribution is -2.20. The van der Waals surface area contributed by atoms with Crippen LogP contribution in [0.5, 0.6) is 11.5 Å². The average molecular weight is 569 g/mol. The molecule has 0 spiro atoms. The Kier molecular flexibility index (Phi) is 8.96. The molecule has 11 heteroatoms. The zero-order valence-electron chi connectivity index (χ0n) is 20.3. The van der Waals surface area contributed by atoms with Gasteiger partial charge in [-0.3, -0.25) is 9.59 Å². The highest BCUT2D eigenvalue weighted by atomic mass is 35.5. The van der Waals surface area contributed by atoms with Crippen LogP contribution in [-0.2, 0) is 4.79 Å². The van der Waals surface area contributed by atoms with Crippen LogP contribution < -0.4 is 20.2 Å². The van der Waals surface area contributed by atoms with Crippen LogP contribution in [-0.4, -0.2) is 36.7 Å². The quantitative estimate of drug-likeness (QED) is 0.184. The highest BCUT2D eigenvalue weighted by Gasteiger charge is 2.10. The number of aromatic nitrogens is 1. The molecule has 4 rings (SSSR count). The van der Waals surface area contributed by atoms with Crippen molar-refractivity contribution in [2.24, 2.45) is 5.10 Å². The van der Waals surface area contributed by atoms with Gasteiger partial charge in [-0.15, -0.1) is 11.3 Å². The molecule has 1 heterocycles. The summed E-state index contributed by atoms with van der Waals surface area (Å²) in [7, 11) is 1.48. The smallest absolute Gasteiger partial charge is 0.271 e. The van der Waals surface area contributed by atoms with Crippen LogP contribution in [0.3, 0.4) is 0 Å². The molecule has 8 nitrogen and oxygen atoms in total. The van der Waals surface area contributed by atoms with Gasteiger partial charge in [0.1, 0.15) is 0 Å². The van der Waals surface area contributed by atoms with E-state index >= 15 is 0 Å². The number of aryl methyl sites for hydroxylation is 1. The number of carbonyl (C=O) groups is 2. The van der Waals surface area contributed by atoms with Crippen LogP contribution >= 0.6 is 34.5 Å². The van der Waals surface area contributed by atoms with Gasteiger partial charge in [-0.05, 0) is 61.0 Å². The number of methoxy groups -OCH3 is 1. The van der Waals surface area contributed by atoms with Crippen molar-refractivity contribution < 1.29 is 19.1 Å². The Balaban J connectivity index is 1.31. The molecule has 38 heavy (non-hydrogen) atoms. The van der Waals surface area contributed by atoms with Gasteiger partial charge in [0, 0.05) is 22.2 Å². The van der Waals surface area contributed by atoms with E-state index < -0.39 is 0 Å². The minimum absolute atomic E-state index is 0.249. The van der Waals surface area contributed by atoms with Gasteiger partial charge in [-0.25, -0.2) is 10.4 Å². The van der Waals surface area contributed by atoms with Crippen molar-refractivity contribution in [3.05, 3.63) is 92.2 Å². The van der Waals surface area contributed by atoms with Gasteiger partial charge in [0.15, 0.2) is 18.1 Å². The summed E-state index contributed by atoms with van der Waals surface area (Å²) in [5, 5.41) is 10.4. The van der Waals surface area contributed by atoms with E-state index in [9.17, 15) is 9.59 Å². The second kappa shape index (κ2) is 12.6. The van der Waals surface area contributed by atoms with Crippen LogP contribution in [0.1, 0.15) is 20.9 Å². The molecular formula is C27H22Cl2N4O4S. The number of ether oxygens (including phenoxy) is 2. The topological polar surface area (TPSA) is 102 Å². The molecule has 0 aliphatic heterocycles. The Labute approximate surface area is 233 Å². The number of hydrazone groups is 1. The van der Waals surface area contributed by atoms with Crippen molar-refractivity contribution in [3.63, 3.8) is 0 Å². The molecule has 4 aromatic rings. The second-order valence-electron chi connectivity index (χ2n) is 7.90. The molecule has 1 aromatic heterocycles. The predicted octanol–water partition coefficient (Wildman–Crippen LogP) is 6.22. The van der Waals surface area contributed by atoms with Gasteiger partial charge in [0.05, 0.1) is 34.1 Å². The Morgan fingerprint density at radius 1 is 1.03 bits per heavy atom. The van der Waals surface area contributed by atoms with Crippen LogP contribution in [0.25, 0.3) is 11.3 Å². The average Bonchev–Trinajstić information content (AvgIpc) is 3.36. The SMILES string of the molecule is COc1cc(/C=N/NC(=O)c2ccc(-c3csc(C)n3)cc2)ccc1OCC(=O)Nc1ccc(Cl)c(Cl)c1. The summed E-state index contributed by atoms with van der Waals surface area (Å²) < 4.78 is 11.0. The lowest BCUT2D eigenvalue weighted by atomic mass is 10.1. The molecule has 0 saturated carbocycles. The number of hydrogen-bond donors (Lipinski definition) is 2. The predicted molar refractivity (Wildman–Crippen MR) is 151 cm³/mol. The Hall–Kier alpha value is -3.92. The van der Waals surface area contributed by atoms with Crippen LogP contribution in [0, 0.1) is 6.92 Å². The molecule has 0 aliphatic rings. The molecule has 0 radical (unpaired) electrons. The first-order chi connectivity index (χ1) is 18.3. The monoisotopic (exact) mass is 568 g/mol. The van der Waals surface area contributed by atoms with E-state index in [0.29, 0.717) is 38.4 Å². The minimum atomic E-state index is -0.381. The molecule has 0 atom stereocenters. The number of anilines is 1. The van der Waals surface area contributed by atoms with E-state index in [1.165, 1.54) is 13.3 Å². The van der Waals surface area contributed by atoms with E-state index in [2.05, 4.69) is 20.8 Å². The molecule has 2 N–H and O–H groups in total. The van der Waals surface area contributed by atoms with Crippen molar-refractivity contribution in [1.82, 2.24) is 10.4 Å². The van der Waals surface area contributed by atoms with Crippen molar-refractivity contribution >= 4 is 58.3 Å². The Morgan fingerprint density at radius 3 is 2.50 bits per heavy atom. The largest absolute Gasteiger partial charge is 0.493 e. The third kappa shape index (κ3) is 7.10. The first kappa shape index (κ1) is 27.1. The van der Waals surface area contributed by atoms with Crippen molar-refractivity contribution in [2.45, 2.75) is 6.92 Å². The van der Waals surface area contributed by atoms with Gasteiger partial charge in [-0.2, -0.15) is 5.10 Å². The van der Waals surface area contributed by atoms with E-state index in [1.54, 1.807) is 59.9 Å². The lowest BCUT2D eigenvalue weighted by molar-refractivity contribution is -0.118. The number of rotatable bonds is 9. The Bertz CT molecular complexity index is 1490. The molecule has 194 valence electrons. The second-order valence-corrected chi connectivity index (χ2v) is 9.78. The molecule has 2 amide bonds. The first-order valence-corrected chi connectivity index (χ1v) is 12.9. The van der Waals surface area contributed by atoms with E-state index in [4.69, 9.17) is 32.7 Å². The van der Waals surface area contributed by atoms with E-state index in [-0.39, 0.29) is 18.4 Å².